The largest absolute Gasteiger partial charge is 0.357 e. The zero-order chi connectivity index (χ0) is 17.4. The SMILES string of the molecule is CC(=O)N1c2ccccc2NC2=C(C(=O)CCC2)[C@H]1c1ccncc1. The van der Waals surface area contributed by atoms with Crippen LogP contribution >= 0.6 is 0 Å². The van der Waals surface area contributed by atoms with Gasteiger partial charge >= 0.3 is 0 Å². The molecule has 126 valence electrons. The summed E-state index contributed by atoms with van der Waals surface area (Å²) in [6.07, 6.45) is 5.56. The Morgan fingerprint density at radius 2 is 1.92 bits per heavy atom. The van der Waals surface area contributed by atoms with Crippen molar-refractivity contribution >= 4 is 23.1 Å². The molecule has 2 aromatic rings. The number of aromatic nitrogens is 1. The summed E-state index contributed by atoms with van der Waals surface area (Å²) in [5.74, 6) is 0.0119. The lowest BCUT2D eigenvalue weighted by molar-refractivity contribution is -0.117. The highest BCUT2D eigenvalue weighted by atomic mass is 16.2. The first-order valence-electron chi connectivity index (χ1n) is 8.49. The molecule has 0 saturated carbocycles. The molecule has 1 aromatic heterocycles. The van der Waals surface area contributed by atoms with Crippen LogP contribution in [-0.2, 0) is 9.59 Å². The number of carbonyl (C=O) groups is 2. The van der Waals surface area contributed by atoms with Crippen molar-refractivity contribution in [1.82, 2.24) is 4.98 Å². The van der Waals surface area contributed by atoms with Crippen LogP contribution in [0.25, 0.3) is 0 Å². The van der Waals surface area contributed by atoms with Crippen LogP contribution in [0.5, 0.6) is 0 Å². The Kier molecular flexibility index (Phi) is 3.84. The number of Topliss-reactive ketones (excluding diaryl/α,β-unsaturated/α-hetero) is 1. The fraction of sp³-hybridized carbons (Fsp3) is 0.250. The van der Waals surface area contributed by atoms with Gasteiger partial charge in [-0.2, -0.15) is 0 Å². The van der Waals surface area contributed by atoms with Crippen molar-refractivity contribution in [3.63, 3.8) is 0 Å². The summed E-state index contributed by atoms with van der Waals surface area (Å²) in [6, 6.07) is 11.0. The van der Waals surface area contributed by atoms with Crippen LogP contribution in [0.15, 0.2) is 60.1 Å². The van der Waals surface area contributed by atoms with Crippen molar-refractivity contribution in [2.75, 3.05) is 10.2 Å². The lowest BCUT2D eigenvalue weighted by atomic mass is 9.86. The van der Waals surface area contributed by atoms with Crippen molar-refractivity contribution in [2.24, 2.45) is 0 Å². The molecular formula is C20H19N3O2. The normalized spacial score (nSPS) is 19.6. The second kappa shape index (κ2) is 6.16. The molecule has 0 radical (unpaired) electrons. The lowest BCUT2D eigenvalue weighted by Gasteiger charge is -2.33. The molecule has 2 heterocycles. The molecule has 1 atom stereocenters. The van der Waals surface area contributed by atoms with Gasteiger partial charge in [-0.05, 0) is 42.7 Å². The number of allylic oxidation sites excluding steroid dienone is 1. The van der Waals surface area contributed by atoms with E-state index >= 15 is 0 Å². The molecule has 5 heteroatoms. The number of hydrogen-bond donors (Lipinski definition) is 1. The topological polar surface area (TPSA) is 62.3 Å². The van der Waals surface area contributed by atoms with Crippen molar-refractivity contribution in [3.05, 3.63) is 65.6 Å². The van der Waals surface area contributed by atoms with Crippen LogP contribution in [-0.4, -0.2) is 16.7 Å². The average Bonchev–Trinajstić information content (AvgIpc) is 2.77. The molecule has 1 aliphatic carbocycles. The van der Waals surface area contributed by atoms with Gasteiger partial charge in [0.05, 0.1) is 17.4 Å². The first-order valence-corrected chi connectivity index (χ1v) is 8.49. The molecule has 4 rings (SSSR count). The minimum Gasteiger partial charge on any atom is -0.357 e. The molecule has 0 saturated heterocycles. The second-order valence-electron chi connectivity index (χ2n) is 6.38. The number of fused-ring (bicyclic) bond motifs is 1. The van der Waals surface area contributed by atoms with E-state index in [0.29, 0.717) is 12.0 Å². The average molecular weight is 333 g/mol. The number of amides is 1. The zero-order valence-electron chi connectivity index (χ0n) is 14.0. The number of hydrogen-bond acceptors (Lipinski definition) is 4. The van der Waals surface area contributed by atoms with E-state index in [1.165, 1.54) is 0 Å². The predicted octanol–water partition coefficient (Wildman–Crippen LogP) is 3.61. The van der Waals surface area contributed by atoms with Crippen LogP contribution in [0.2, 0.25) is 0 Å². The monoisotopic (exact) mass is 333 g/mol. The Morgan fingerprint density at radius 1 is 1.16 bits per heavy atom. The van der Waals surface area contributed by atoms with Gasteiger partial charge in [-0.15, -0.1) is 0 Å². The minimum atomic E-state index is -0.431. The van der Waals surface area contributed by atoms with E-state index in [4.69, 9.17) is 0 Å². The van der Waals surface area contributed by atoms with Gasteiger partial charge < -0.3 is 5.32 Å². The number of anilines is 2. The third-order valence-electron chi connectivity index (χ3n) is 4.80. The number of rotatable bonds is 1. The lowest BCUT2D eigenvalue weighted by Crippen LogP contribution is -2.36. The summed E-state index contributed by atoms with van der Waals surface area (Å²) in [5.41, 5.74) is 4.17. The molecule has 1 N–H and O–H groups in total. The van der Waals surface area contributed by atoms with E-state index in [1.807, 2.05) is 36.4 Å². The highest BCUT2D eigenvalue weighted by Gasteiger charge is 2.38. The standard InChI is InChI=1S/C20H19N3O2/c1-13(24)23-17-7-3-2-5-15(17)22-16-6-4-8-18(25)19(16)20(23)14-9-11-21-12-10-14/h2-3,5,7,9-12,20,22H,4,6,8H2,1H3/t20-/m1/s1. The molecule has 1 amide bonds. The maximum Gasteiger partial charge on any atom is 0.224 e. The molecule has 0 bridgehead atoms. The van der Waals surface area contributed by atoms with E-state index in [0.717, 1.165) is 35.5 Å². The van der Waals surface area contributed by atoms with Gasteiger partial charge in [0, 0.05) is 37.0 Å². The maximum atomic E-state index is 12.8. The summed E-state index contributed by atoms with van der Waals surface area (Å²) in [6.45, 7) is 1.55. The van der Waals surface area contributed by atoms with Crippen LogP contribution in [0, 0.1) is 0 Å². The molecule has 0 unspecified atom stereocenters. The summed E-state index contributed by atoms with van der Waals surface area (Å²) in [5, 5.41) is 3.43. The maximum absolute atomic E-state index is 12.8. The first-order chi connectivity index (χ1) is 12.2. The number of benzene rings is 1. The molecule has 0 fully saturated rings. The second-order valence-corrected chi connectivity index (χ2v) is 6.38. The van der Waals surface area contributed by atoms with E-state index in [9.17, 15) is 9.59 Å². The molecule has 5 nitrogen and oxygen atoms in total. The number of pyridine rings is 1. The third-order valence-corrected chi connectivity index (χ3v) is 4.80. The highest BCUT2D eigenvalue weighted by Crippen LogP contribution is 2.44. The van der Waals surface area contributed by atoms with E-state index in [2.05, 4.69) is 10.3 Å². The minimum absolute atomic E-state index is 0.0943. The van der Waals surface area contributed by atoms with E-state index in [1.54, 1.807) is 24.2 Å². The number of para-hydroxylation sites is 2. The molecule has 0 spiro atoms. The molecule has 1 aromatic carbocycles. The van der Waals surface area contributed by atoms with Gasteiger partial charge in [-0.1, -0.05) is 12.1 Å². The highest BCUT2D eigenvalue weighted by molar-refractivity contribution is 6.05. The number of nitrogens with one attached hydrogen (secondary N) is 1. The Balaban J connectivity index is 2.00. The number of carbonyl (C=O) groups excluding carboxylic acids is 2. The van der Waals surface area contributed by atoms with Crippen LogP contribution in [0.3, 0.4) is 0 Å². The smallest absolute Gasteiger partial charge is 0.224 e. The molecular weight excluding hydrogens is 314 g/mol. The number of nitrogens with zero attached hydrogens (tertiary/aromatic N) is 2. The summed E-state index contributed by atoms with van der Waals surface area (Å²) < 4.78 is 0. The molecule has 25 heavy (non-hydrogen) atoms. The first kappa shape index (κ1) is 15.6. The fourth-order valence-corrected chi connectivity index (χ4v) is 3.74. The Labute approximate surface area is 146 Å². The quantitative estimate of drug-likeness (QED) is 0.866. The summed E-state index contributed by atoms with van der Waals surface area (Å²) in [4.78, 5) is 31.3. The van der Waals surface area contributed by atoms with Gasteiger partial charge in [0.15, 0.2) is 5.78 Å². The van der Waals surface area contributed by atoms with E-state index in [-0.39, 0.29) is 11.7 Å². The van der Waals surface area contributed by atoms with Crippen molar-refractivity contribution in [2.45, 2.75) is 32.2 Å². The van der Waals surface area contributed by atoms with Gasteiger partial charge in [0.2, 0.25) is 5.91 Å². The number of ketones is 1. The van der Waals surface area contributed by atoms with Crippen LogP contribution < -0.4 is 10.2 Å². The molecule has 1 aliphatic heterocycles. The predicted molar refractivity (Wildman–Crippen MR) is 96.1 cm³/mol. The Morgan fingerprint density at radius 3 is 2.68 bits per heavy atom. The Hall–Kier alpha value is -2.95. The van der Waals surface area contributed by atoms with Crippen molar-refractivity contribution in [1.29, 1.82) is 0 Å². The molecule has 2 aliphatic rings. The van der Waals surface area contributed by atoms with Crippen LogP contribution in [0.4, 0.5) is 11.4 Å². The summed E-state index contributed by atoms with van der Waals surface area (Å²) in [7, 11) is 0. The van der Waals surface area contributed by atoms with Crippen LogP contribution in [0.1, 0.15) is 37.8 Å². The van der Waals surface area contributed by atoms with Crippen molar-refractivity contribution < 1.29 is 9.59 Å². The Bertz CT molecular complexity index is 874. The van der Waals surface area contributed by atoms with Gasteiger partial charge in [-0.3, -0.25) is 19.5 Å². The zero-order valence-corrected chi connectivity index (χ0v) is 14.0. The van der Waals surface area contributed by atoms with Crippen molar-refractivity contribution in [3.8, 4) is 0 Å². The fourth-order valence-electron chi connectivity index (χ4n) is 3.74. The van der Waals surface area contributed by atoms with Gasteiger partial charge in [0.1, 0.15) is 0 Å². The van der Waals surface area contributed by atoms with Gasteiger partial charge in [-0.25, -0.2) is 0 Å². The van der Waals surface area contributed by atoms with E-state index < -0.39 is 6.04 Å². The van der Waals surface area contributed by atoms with Gasteiger partial charge in [0.25, 0.3) is 0 Å². The third kappa shape index (κ3) is 2.61. The summed E-state index contributed by atoms with van der Waals surface area (Å²) >= 11 is 0.